The number of hydrogen-bond donors (Lipinski definition) is 0. The molecule has 0 bridgehead atoms. The molecule has 1 aliphatic carbocycles. The molecule has 1 saturated carbocycles. The third-order valence-corrected chi connectivity index (χ3v) is 5.58. The highest BCUT2D eigenvalue weighted by Gasteiger charge is 2.36. The summed E-state index contributed by atoms with van der Waals surface area (Å²) >= 11 is 0. The molecule has 4 rings (SSSR count). The van der Waals surface area contributed by atoms with Crippen molar-refractivity contribution in [3.63, 3.8) is 0 Å². The summed E-state index contributed by atoms with van der Waals surface area (Å²) in [5, 5.41) is 0. The first-order valence-electron chi connectivity index (χ1n) is 9.59. The maximum Gasteiger partial charge on any atom is 0.291 e. The lowest BCUT2D eigenvalue weighted by molar-refractivity contribution is -0.142. The Bertz CT molecular complexity index is 774. The van der Waals surface area contributed by atoms with E-state index in [9.17, 15) is 9.59 Å². The van der Waals surface area contributed by atoms with Crippen molar-refractivity contribution in [2.75, 3.05) is 13.1 Å². The van der Waals surface area contributed by atoms with Crippen molar-refractivity contribution in [2.45, 2.75) is 44.7 Å². The van der Waals surface area contributed by atoms with E-state index in [2.05, 4.69) is 9.97 Å². The van der Waals surface area contributed by atoms with Crippen molar-refractivity contribution in [2.24, 2.45) is 5.92 Å². The minimum absolute atomic E-state index is 0.0129. The molecule has 1 unspecified atom stereocenters. The molecule has 1 aliphatic heterocycles. The highest BCUT2D eigenvalue weighted by molar-refractivity contribution is 5.91. The molecule has 7 nitrogen and oxygen atoms in total. The molecule has 0 radical (unpaired) electrons. The Morgan fingerprint density at radius 3 is 2.74 bits per heavy atom. The van der Waals surface area contributed by atoms with Crippen LogP contribution >= 0.6 is 0 Å². The Morgan fingerprint density at radius 2 is 2.07 bits per heavy atom. The minimum Gasteiger partial charge on any atom is -0.438 e. The summed E-state index contributed by atoms with van der Waals surface area (Å²) < 4.78 is 5.16. The number of pyridine rings is 1. The summed E-state index contributed by atoms with van der Waals surface area (Å²) in [6, 6.07) is 3.90. The number of carbonyl (C=O) groups excluding carboxylic acids is 2. The van der Waals surface area contributed by atoms with E-state index in [1.54, 1.807) is 17.3 Å². The predicted octanol–water partition coefficient (Wildman–Crippen LogP) is 2.50. The van der Waals surface area contributed by atoms with Crippen LogP contribution in [-0.4, -0.2) is 50.7 Å². The van der Waals surface area contributed by atoms with Crippen molar-refractivity contribution >= 4 is 11.8 Å². The van der Waals surface area contributed by atoms with Crippen LogP contribution in [0, 0.1) is 5.92 Å². The highest BCUT2D eigenvalue weighted by atomic mass is 16.3. The van der Waals surface area contributed by atoms with Crippen LogP contribution in [0.15, 0.2) is 41.5 Å². The SMILES string of the molecule is O=C(c1cnco1)N1CCCC(N(Cc2cccnc2)C(=O)C2CCC2)C1. The van der Waals surface area contributed by atoms with Crippen LogP contribution in [-0.2, 0) is 11.3 Å². The molecule has 27 heavy (non-hydrogen) atoms. The van der Waals surface area contributed by atoms with Gasteiger partial charge in [-0.15, -0.1) is 0 Å². The van der Waals surface area contributed by atoms with Crippen LogP contribution in [0.25, 0.3) is 0 Å². The molecule has 2 amide bonds. The first kappa shape index (κ1) is 17.7. The van der Waals surface area contributed by atoms with Gasteiger partial charge in [0.25, 0.3) is 5.91 Å². The molecule has 2 aromatic rings. The van der Waals surface area contributed by atoms with Gasteiger partial charge in [-0.3, -0.25) is 14.6 Å². The smallest absolute Gasteiger partial charge is 0.291 e. The summed E-state index contributed by atoms with van der Waals surface area (Å²) in [6.45, 7) is 1.74. The van der Waals surface area contributed by atoms with Gasteiger partial charge in [-0.1, -0.05) is 12.5 Å². The van der Waals surface area contributed by atoms with Crippen LogP contribution in [0.1, 0.15) is 48.2 Å². The van der Waals surface area contributed by atoms with E-state index in [0.29, 0.717) is 19.6 Å². The second-order valence-corrected chi connectivity index (χ2v) is 7.37. The van der Waals surface area contributed by atoms with Gasteiger partial charge >= 0.3 is 0 Å². The summed E-state index contributed by atoms with van der Waals surface area (Å²) in [5.41, 5.74) is 1.02. The molecule has 142 valence electrons. The quantitative estimate of drug-likeness (QED) is 0.810. The normalized spacial score (nSPS) is 20.1. The average Bonchev–Trinajstić information content (AvgIpc) is 3.20. The van der Waals surface area contributed by atoms with Crippen molar-refractivity contribution in [3.8, 4) is 0 Å². The van der Waals surface area contributed by atoms with Gasteiger partial charge in [0.15, 0.2) is 6.39 Å². The molecule has 3 heterocycles. The molecule has 0 N–H and O–H groups in total. The second kappa shape index (κ2) is 7.90. The fourth-order valence-electron chi connectivity index (χ4n) is 3.84. The monoisotopic (exact) mass is 368 g/mol. The minimum atomic E-state index is -0.158. The van der Waals surface area contributed by atoms with E-state index in [0.717, 1.165) is 37.7 Å². The van der Waals surface area contributed by atoms with Gasteiger partial charge in [0.1, 0.15) is 0 Å². The summed E-state index contributed by atoms with van der Waals surface area (Å²) in [5.74, 6) is 0.431. The first-order valence-corrected chi connectivity index (χ1v) is 9.59. The predicted molar refractivity (Wildman–Crippen MR) is 97.6 cm³/mol. The lowest BCUT2D eigenvalue weighted by Gasteiger charge is -2.41. The van der Waals surface area contributed by atoms with Crippen molar-refractivity contribution in [1.29, 1.82) is 0 Å². The van der Waals surface area contributed by atoms with Crippen molar-refractivity contribution < 1.29 is 14.0 Å². The Balaban J connectivity index is 1.51. The van der Waals surface area contributed by atoms with Crippen LogP contribution in [0.2, 0.25) is 0 Å². The number of aromatic nitrogens is 2. The lowest BCUT2D eigenvalue weighted by Crippen LogP contribution is -2.53. The van der Waals surface area contributed by atoms with E-state index < -0.39 is 0 Å². The molecule has 2 fully saturated rings. The number of hydrogen-bond acceptors (Lipinski definition) is 5. The van der Waals surface area contributed by atoms with Crippen LogP contribution in [0.5, 0.6) is 0 Å². The fraction of sp³-hybridized carbons (Fsp3) is 0.500. The summed E-state index contributed by atoms with van der Waals surface area (Å²) in [7, 11) is 0. The standard InChI is InChI=1S/C20H24N4O3/c25-19(16-5-1-6-16)24(12-15-4-2-8-21-10-15)17-7-3-9-23(13-17)20(26)18-11-22-14-27-18/h2,4,8,10-11,14,16-17H,1,3,5-7,9,12-13H2. The first-order chi connectivity index (χ1) is 13.2. The Kier molecular flexibility index (Phi) is 5.18. The number of nitrogens with zero attached hydrogens (tertiary/aromatic N) is 4. The number of rotatable bonds is 5. The number of amides is 2. The van der Waals surface area contributed by atoms with E-state index in [1.807, 2.05) is 17.0 Å². The van der Waals surface area contributed by atoms with Gasteiger partial charge in [-0.25, -0.2) is 4.98 Å². The Labute approximate surface area is 158 Å². The van der Waals surface area contributed by atoms with Gasteiger partial charge in [0.05, 0.1) is 6.20 Å². The molecule has 2 aliphatic rings. The van der Waals surface area contributed by atoms with E-state index >= 15 is 0 Å². The number of oxazole rings is 1. The van der Waals surface area contributed by atoms with E-state index in [-0.39, 0.29) is 29.5 Å². The molecule has 7 heteroatoms. The third-order valence-electron chi connectivity index (χ3n) is 5.58. The van der Waals surface area contributed by atoms with Gasteiger partial charge in [-0.2, -0.15) is 0 Å². The topological polar surface area (TPSA) is 79.5 Å². The number of piperidine rings is 1. The average molecular weight is 368 g/mol. The molecule has 0 aromatic carbocycles. The fourth-order valence-corrected chi connectivity index (χ4v) is 3.84. The van der Waals surface area contributed by atoms with Gasteiger partial charge < -0.3 is 14.2 Å². The zero-order chi connectivity index (χ0) is 18.6. The highest BCUT2D eigenvalue weighted by Crippen LogP contribution is 2.31. The van der Waals surface area contributed by atoms with Gasteiger partial charge in [0.2, 0.25) is 11.7 Å². The third kappa shape index (κ3) is 3.86. The maximum atomic E-state index is 13.1. The van der Waals surface area contributed by atoms with E-state index in [4.69, 9.17) is 4.42 Å². The zero-order valence-corrected chi connectivity index (χ0v) is 15.3. The number of likely N-dealkylation sites (tertiary alicyclic amines) is 1. The molecule has 0 spiro atoms. The van der Waals surface area contributed by atoms with E-state index in [1.165, 1.54) is 12.6 Å². The van der Waals surface area contributed by atoms with Crippen molar-refractivity contribution in [1.82, 2.24) is 19.8 Å². The van der Waals surface area contributed by atoms with Gasteiger partial charge in [0, 0.05) is 44.0 Å². The Hall–Kier alpha value is -2.70. The van der Waals surface area contributed by atoms with Crippen LogP contribution < -0.4 is 0 Å². The molecule has 2 aromatic heterocycles. The largest absolute Gasteiger partial charge is 0.438 e. The van der Waals surface area contributed by atoms with Crippen LogP contribution in [0.3, 0.4) is 0 Å². The summed E-state index contributed by atoms with van der Waals surface area (Å²) in [6.07, 6.45) is 11.1. The molecule has 1 saturated heterocycles. The van der Waals surface area contributed by atoms with Crippen LogP contribution in [0.4, 0.5) is 0 Å². The molecular formula is C20H24N4O3. The van der Waals surface area contributed by atoms with Gasteiger partial charge in [-0.05, 0) is 37.3 Å². The molecule has 1 atom stereocenters. The maximum absolute atomic E-state index is 13.1. The zero-order valence-electron chi connectivity index (χ0n) is 15.3. The number of carbonyl (C=O) groups is 2. The second-order valence-electron chi connectivity index (χ2n) is 7.37. The molecular weight excluding hydrogens is 344 g/mol. The summed E-state index contributed by atoms with van der Waals surface area (Å²) in [4.78, 5) is 37.5. The lowest BCUT2D eigenvalue weighted by atomic mass is 9.83. The Morgan fingerprint density at radius 1 is 1.19 bits per heavy atom. The van der Waals surface area contributed by atoms with Crippen molar-refractivity contribution in [3.05, 3.63) is 48.4 Å².